The minimum atomic E-state index is -2.88. The number of nitrogens with zero attached hydrogens (tertiary/aromatic N) is 6. The molecule has 3 heterocycles. The van der Waals surface area contributed by atoms with E-state index in [2.05, 4.69) is 15.2 Å². The summed E-state index contributed by atoms with van der Waals surface area (Å²) in [6.07, 6.45) is 0. The highest BCUT2D eigenvalue weighted by molar-refractivity contribution is 6.29. The van der Waals surface area contributed by atoms with E-state index in [4.69, 9.17) is 16.6 Å². The molecule has 0 saturated heterocycles. The Balaban J connectivity index is 1.58. The molecule has 0 radical (unpaired) electrons. The number of rotatable bonds is 4. The molecule has 0 saturated carbocycles. The van der Waals surface area contributed by atoms with Gasteiger partial charge in [-0.1, -0.05) is 42.5 Å². The summed E-state index contributed by atoms with van der Waals surface area (Å²) in [7, 11) is 1.86. The first-order valence-electron chi connectivity index (χ1n) is 9.82. The standard InChI is InChI=1S/C23H17ClF2N6/c1-23(25,26)15-12-10-14(11-13-15)17-7-5-9-19(27-17)31(2)20-16-6-3-4-8-18(16)32-21(24)29-30-22(32)28-20/h3-13H,1-2H3. The van der Waals surface area contributed by atoms with Gasteiger partial charge in [0.25, 0.3) is 11.7 Å². The Labute approximate surface area is 187 Å². The van der Waals surface area contributed by atoms with Gasteiger partial charge in [0.05, 0.1) is 11.2 Å². The van der Waals surface area contributed by atoms with E-state index in [9.17, 15) is 8.78 Å². The molecule has 0 bridgehead atoms. The molecule has 0 amide bonds. The molecular formula is C23H17ClF2N6. The average Bonchev–Trinajstić information content (AvgIpc) is 3.18. The summed E-state index contributed by atoms with van der Waals surface area (Å²) in [5.41, 5.74) is 2.19. The Morgan fingerprint density at radius 1 is 0.906 bits per heavy atom. The van der Waals surface area contributed by atoms with E-state index in [1.807, 2.05) is 54.4 Å². The van der Waals surface area contributed by atoms with Crippen LogP contribution in [0.15, 0.2) is 66.7 Å². The monoisotopic (exact) mass is 450 g/mol. The predicted octanol–water partition coefficient (Wildman–Crippen LogP) is 5.87. The number of pyridine rings is 1. The van der Waals surface area contributed by atoms with Crippen molar-refractivity contribution in [1.29, 1.82) is 0 Å². The number of halogens is 3. The molecule has 0 atom stereocenters. The Morgan fingerprint density at radius 2 is 1.66 bits per heavy atom. The lowest BCUT2D eigenvalue weighted by atomic mass is 10.1. The summed E-state index contributed by atoms with van der Waals surface area (Å²) in [6.45, 7) is 0.882. The summed E-state index contributed by atoms with van der Waals surface area (Å²) in [5, 5.41) is 9.07. The summed E-state index contributed by atoms with van der Waals surface area (Å²) < 4.78 is 28.8. The van der Waals surface area contributed by atoms with Crippen LogP contribution in [-0.4, -0.2) is 31.6 Å². The highest BCUT2D eigenvalue weighted by atomic mass is 35.5. The van der Waals surface area contributed by atoms with E-state index in [-0.39, 0.29) is 10.8 Å². The molecule has 0 fully saturated rings. The van der Waals surface area contributed by atoms with Gasteiger partial charge in [-0.15, -0.1) is 10.2 Å². The molecule has 0 aliphatic heterocycles. The number of para-hydroxylation sites is 1. The molecule has 0 N–H and O–H groups in total. The average molecular weight is 451 g/mol. The first kappa shape index (κ1) is 20.3. The van der Waals surface area contributed by atoms with Gasteiger partial charge in [0, 0.05) is 30.5 Å². The zero-order chi connectivity index (χ0) is 22.5. The molecular weight excluding hydrogens is 434 g/mol. The van der Waals surface area contributed by atoms with Crippen molar-refractivity contribution in [1.82, 2.24) is 24.6 Å². The van der Waals surface area contributed by atoms with E-state index < -0.39 is 5.92 Å². The maximum atomic E-state index is 13.5. The van der Waals surface area contributed by atoms with Crippen molar-refractivity contribution in [2.45, 2.75) is 12.8 Å². The molecule has 0 aliphatic rings. The maximum Gasteiger partial charge on any atom is 0.270 e. The van der Waals surface area contributed by atoms with Gasteiger partial charge < -0.3 is 4.90 Å². The van der Waals surface area contributed by atoms with Crippen molar-refractivity contribution in [3.63, 3.8) is 0 Å². The van der Waals surface area contributed by atoms with Crippen molar-refractivity contribution in [2.24, 2.45) is 0 Å². The van der Waals surface area contributed by atoms with Crippen LogP contribution in [0.1, 0.15) is 12.5 Å². The zero-order valence-electron chi connectivity index (χ0n) is 17.2. The van der Waals surface area contributed by atoms with Crippen molar-refractivity contribution in [3.05, 3.63) is 77.6 Å². The number of hydrogen-bond donors (Lipinski definition) is 0. The van der Waals surface area contributed by atoms with Crippen LogP contribution in [0.5, 0.6) is 0 Å². The molecule has 5 rings (SSSR count). The largest absolute Gasteiger partial charge is 0.313 e. The molecule has 3 aromatic heterocycles. The van der Waals surface area contributed by atoms with Crippen molar-refractivity contribution in [3.8, 4) is 11.3 Å². The fourth-order valence-electron chi connectivity index (χ4n) is 3.62. The normalized spacial score (nSPS) is 11.9. The molecule has 2 aromatic carbocycles. The molecule has 0 spiro atoms. The summed E-state index contributed by atoms with van der Waals surface area (Å²) in [5.74, 6) is -1.23. The van der Waals surface area contributed by atoms with Crippen LogP contribution >= 0.6 is 11.6 Å². The van der Waals surface area contributed by atoms with E-state index in [1.165, 1.54) is 12.1 Å². The van der Waals surface area contributed by atoms with Crippen LogP contribution < -0.4 is 4.90 Å². The zero-order valence-corrected chi connectivity index (χ0v) is 17.9. The van der Waals surface area contributed by atoms with Crippen LogP contribution in [0, 0.1) is 0 Å². The van der Waals surface area contributed by atoms with Crippen LogP contribution in [0.2, 0.25) is 5.28 Å². The summed E-state index contributed by atoms with van der Waals surface area (Å²) >= 11 is 6.20. The predicted molar refractivity (Wildman–Crippen MR) is 121 cm³/mol. The van der Waals surface area contributed by atoms with Gasteiger partial charge in [-0.25, -0.2) is 18.2 Å². The Morgan fingerprint density at radius 3 is 2.41 bits per heavy atom. The van der Waals surface area contributed by atoms with Gasteiger partial charge in [0.1, 0.15) is 11.6 Å². The molecule has 5 aromatic rings. The highest BCUT2D eigenvalue weighted by Gasteiger charge is 2.24. The van der Waals surface area contributed by atoms with Gasteiger partial charge in [-0.05, 0) is 35.9 Å². The first-order chi connectivity index (χ1) is 15.3. The van der Waals surface area contributed by atoms with E-state index >= 15 is 0 Å². The molecule has 9 heteroatoms. The smallest absolute Gasteiger partial charge is 0.270 e. The molecule has 6 nitrogen and oxygen atoms in total. The van der Waals surface area contributed by atoms with Gasteiger partial charge in [0.2, 0.25) is 5.28 Å². The van der Waals surface area contributed by atoms with Crippen LogP contribution in [0.25, 0.3) is 27.9 Å². The van der Waals surface area contributed by atoms with Gasteiger partial charge >= 0.3 is 0 Å². The van der Waals surface area contributed by atoms with Crippen molar-refractivity contribution < 1.29 is 8.78 Å². The van der Waals surface area contributed by atoms with Gasteiger partial charge in [-0.3, -0.25) is 0 Å². The first-order valence-corrected chi connectivity index (χ1v) is 10.2. The number of anilines is 2. The Kier molecular flexibility index (Phi) is 4.74. The van der Waals surface area contributed by atoms with E-state index in [0.29, 0.717) is 23.1 Å². The summed E-state index contributed by atoms with van der Waals surface area (Å²) in [6, 6.07) is 19.4. The van der Waals surface area contributed by atoms with Gasteiger partial charge in [-0.2, -0.15) is 4.98 Å². The van der Waals surface area contributed by atoms with Crippen molar-refractivity contribution in [2.75, 3.05) is 11.9 Å². The second kappa shape index (κ2) is 7.49. The third-order valence-electron chi connectivity index (χ3n) is 5.28. The van der Waals surface area contributed by atoms with Crippen LogP contribution in [-0.2, 0) is 5.92 Å². The topological polar surface area (TPSA) is 59.2 Å². The minimum Gasteiger partial charge on any atom is -0.313 e. The van der Waals surface area contributed by atoms with E-state index in [0.717, 1.165) is 23.4 Å². The second-order valence-electron chi connectivity index (χ2n) is 7.46. The number of alkyl halides is 2. The third kappa shape index (κ3) is 3.42. The fraction of sp³-hybridized carbons (Fsp3) is 0.130. The molecule has 32 heavy (non-hydrogen) atoms. The number of hydrogen-bond acceptors (Lipinski definition) is 5. The third-order valence-corrected chi connectivity index (χ3v) is 5.53. The van der Waals surface area contributed by atoms with Crippen molar-refractivity contribution >= 4 is 39.9 Å². The quantitative estimate of drug-likeness (QED) is 0.342. The molecule has 0 aliphatic carbocycles. The van der Waals surface area contributed by atoms with Gasteiger partial charge in [0.15, 0.2) is 0 Å². The highest BCUT2D eigenvalue weighted by Crippen LogP contribution is 2.32. The SMILES string of the molecule is CN(c1cccc(-c2ccc(C(C)(F)F)cc2)n1)c1nc2nnc(Cl)n2c2ccccc12. The molecule has 160 valence electrons. The maximum absolute atomic E-state index is 13.5. The summed E-state index contributed by atoms with van der Waals surface area (Å²) in [4.78, 5) is 11.2. The molecule has 0 unspecified atom stereocenters. The second-order valence-corrected chi connectivity index (χ2v) is 7.80. The van der Waals surface area contributed by atoms with E-state index in [1.54, 1.807) is 16.5 Å². The van der Waals surface area contributed by atoms with Crippen LogP contribution in [0.4, 0.5) is 20.4 Å². The number of benzene rings is 2. The number of aromatic nitrogens is 5. The number of fused-ring (bicyclic) bond motifs is 3. The lowest BCUT2D eigenvalue weighted by Crippen LogP contribution is -2.14. The Hall–Kier alpha value is -3.65. The Bertz CT molecular complexity index is 1440. The van der Waals surface area contributed by atoms with Crippen LogP contribution in [0.3, 0.4) is 0 Å². The minimum absolute atomic E-state index is 0.0366. The lowest BCUT2D eigenvalue weighted by molar-refractivity contribution is 0.0175. The fourth-order valence-corrected chi connectivity index (χ4v) is 3.82. The lowest BCUT2D eigenvalue weighted by Gasteiger charge is -2.20.